The van der Waals surface area contributed by atoms with Crippen molar-refractivity contribution in [3.8, 4) is 5.88 Å². The molecule has 4 N–H and O–H groups in total. The van der Waals surface area contributed by atoms with Gasteiger partial charge in [0.05, 0.1) is 25.8 Å². The van der Waals surface area contributed by atoms with Gasteiger partial charge in [-0.1, -0.05) is 13.8 Å². The second kappa shape index (κ2) is 10.9. The third kappa shape index (κ3) is 6.35. The van der Waals surface area contributed by atoms with Crippen molar-refractivity contribution in [3.05, 3.63) is 17.9 Å². The molecule has 3 aliphatic heterocycles. The predicted molar refractivity (Wildman–Crippen MR) is 129 cm³/mol. The van der Waals surface area contributed by atoms with Crippen LogP contribution in [0.4, 0.5) is 11.8 Å². The number of nitrogens with zero attached hydrogens (tertiary/aromatic N) is 4. The van der Waals surface area contributed by atoms with Gasteiger partial charge in [-0.25, -0.2) is 10.4 Å². The number of aromatic nitrogens is 2. The molecule has 3 fully saturated rings. The number of hydroxylamine groups is 1. The maximum atomic E-state index is 6.01. The molecule has 1 aliphatic carbocycles. The molecule has 1 saturated carbocycles. The van der Waals surface area contributed by atoms with Gasteiger partial charge in [0.1, 0.15) is 18.2 Å². The van der Waals surface area contributed by atoms with Crippen LogP contribution in [-0.2, 0) is 9.57 Å². The molecule has 2 atom stereocenters. The van der Waals surface area contributed by atoms with Crippen LogP contribution in [-0.4, -0.2) is 78.8 Å². The topological polar surface area (TPSA) is 117 Å². The summed E-state index contributed by atoms with van der Waals surface area (Å²) in [6, 6.07) is 2.45. The molecule has 0 bridgehead atoms. The number of hydrogen-bond acceptors (Lipinski definition) is 10. The maximum absolute atomic E-state index is 6.01. The molecule has 4 heterocycles. The smallest absolute Gasteiger partial charge is 0.228 e. The van der Waals surface area contributed by atoms with E-state index in [0.717, 1.165) is 56.8 Å². The Hall–Kier alpha value is -2.47. The molecule has 186 valence electrons. The van der Waals surface area contributed by atoms with Crippen LogP contribution in [0, 0.1) is 11.8 Å². The number of anilines is 1. The Morgan fingerprint density at radius 3 is 2.88 bits per heavy atom. The van der Waals surface area contributed by atoms with Crippen molar-refractivity contribution in [1.29, 1.82) is 0 Å². The fraction of sp³-hybridized carbons (Fsp3) is 0.696. The van der Waals surface area contributed by atoms with Gasteiger partial charge < -0.3 is 25.1 Å². The molecule has 2 unspecified atom stereocenters. The van der Waals surface area contributed by atoms with Crippen molar-refractivity contribution in [2.75, 3.05) is 51.3 Å². The number of hydrogen-bond donors (Lipinski definition) is 4. The van der Waals surface area contributed by atoms with Crippen LogP contribution in [0.25, 0.3) is 0 Å². The van der Waals surface area contributed by atoms with E-state index in [1.54, 1.807) is 6.07 Å². The Balaban J connectivity index is 1.24. The summed E-state index contributed by atoms with van der Waals surface area (Å²) in [5, 5.41) is 3.26. The van der Waals surface area contributed by atoms with Gasteiger partial charge in [-0.05, 0) is 30.8 Å². The Kier molecular flexibility index (Phi) is 7.43. The summed E-state index contributed by atoms with van der Waals surface area (Å²) in [5.41, 5.74) is 9.60. The predicted octanol–water partition coefficient (Wildman–Crippen LogP) is 1.35. The van der Waals surface area contributed by atoms with Crippen molar-refractivity contribution in [1.82, 2.24) is 31.2 Å². The van der Waals surface area contributed by atoms with Crippen molar-refractivity contribution >= 4 is 17.6 Å². The zero-order valence-corrected chi connectivity index (χ0v) is 20.0. The molecule has 34 heavy (non-hydrogen) atoms. The lowest BCUT2D eigenvalue weighted by Crippen LogP contribution is -2.38. The second-order valence-electron chi connectivity index (χ2n) is 9.64. The van der Waals surface area contributed by atoms with Crippen LogP contribution in [0.5, 0.6) is 5.88 Å². The van der Waals surface area contributed by atoms with Gasteiger partial charge in [0.25, 0.3) is 0 Å². The van der Waals surface area contributed by atoms with Gasteiger partial charge in [-0.2, -0.15) is 9.97 Å². The highest BCUT2D eigenvalue weighted by molar-refractivity contribution is 5.86. The minimum atomic E-state index is 0.204. The zero-order chi connectivity index (χ0) is 23.3. The fourth-order valence-electron chi connectivity index (χ4n) is 4.21. The molecule has 1 aromatic heterocycles. The number of amidine groups is 1. The first-order valence-electron chi connectivity index (χ1n) is 12.4. The van der Waals surface area contributed by atoms with Crippen LogP contribution < -0.4 is 26.4 Å². The summed E-state index contributed by atoms with van der Waals surface area (Å²) in [5.74, 6) is 4.46. The number of hydrazine groups is 1. The van der Waals surface area contributed by atoms with Crippen LogP contribution in [0.1, 0.15) is 33.1 Å². The third-order valence-corrected chi connectivity index (χ3v) is 6.54. The fourth-order valence-corrected chi connectivity index (χ4v) is 4.21. The van der Waals surface area contributed by atoms with Crippen molar-refractivity contribution in [2.24, 2.45) is 16.8 Å². The highest BCUT2D eigenvalue weighted by Gasteiger charge is 2.35. The average Bonchev–Trinajstić information content (AvgIpc) is 3.38. The van der Waals surface area contributed by atoms with Gasteiger partial charge in [-0.15, -0.1) is 5.48 Å². The van der Waals surface area contributed by atoms with Crippen LogP contribution in [0.15, 0.2) is 22.9 Å². The minimum absolute atomic E-state index is 0.204. The average molecular weight is 473 g/mol. The van der Waals surface area contributed by atoms with Gasteiger partial charge in [0.15, 0.2) is 5.82 Å². The second-order valence-corrected chi connectivity index (χ2v) is 9.64. The SMILES string of the molecule is CC(C)C1C=C(CNc2nc(/N=C3\CC(C4CC4)NN3)cc(OCCN3CCOCC3)n2)ON1. The quantitative estimate of drug-likeness (QED) is 0.397. The Morgan fingerprint density at radius 2 is 2.12 bits per heavy atom. The molecule has 5 rings (SSSR count). The van der Waals surface area contributed by atoms with E-state index in [4.69, 9.17) is 19.3 Å². The Labute approximate surface area is 200 Å². The van der Waals surface area contributed by atoms with Crippen molar-refractivity contribution in [3.63, 3.8) is 0 Å². The van der Waals surface area contributed by atoms with Crippen molar-refractivity contribution in [2.45, 2.75) is 45.2 Å². The highest BCUT2D eigenvalue weighted by Crippen LogP contribution is 2.35. The van der Waals surface area contributed by atoms with Gasteiger partial charge in [0.2, 0.25) is 11.8 Å². The lowest BCUT2D eigenvalue weighted by Gasteiger charge is -2.26. The Bertz CT molecular complexity index is 898. The molecule has 0 radical (unpaired) electrons. The molecule has 1 aromatic rings. The summed E-state index contributed by atoms with van der Waals surface area (Å²) in [4.78, 5) is 21.8. The minimum Gasteiger partial charge on any atom is -0.476 e. The van der Waals surface area contributed by atoms with E-state index < -0.39 is 0 Å². The molecule has 4 aliphatic rings. The highest BCUT2D eigenvalue weighted by atomic mass is 16.7. The summed E-state index contributed by atoms with van der Waals surface area (Å²) in [6.45, 7) is 9.57. The first kappa shape index (κ1) is 23.3. The standard InChI is InChI=1S/C23H36N8O3/c1-15(2)18-11-17(34-30-18)14-24-23-26-20(25-21-12-19(28-29-21)16-3-4-16)13-22(27-23)33-10-7-31-5-8-32-9-6-31/h11,13,15-16,18-19,28,30H,3-10,12,14H2,1-2H3,(H2,24,25,26,27,29). The third-order valence-electron chi connectivity index (χ3n) is 6.54. The molecular formula is C23H36N8O3. The largest absolute Gasteiger partial charge is 0.476 e. The van der Waals surface area contributed by atoms with E-state index in [1.165, 1.54) is 12.8 Å². The molecule has 2 saturated heterocycles. The maximum Gasteiger partial charge on any atom is 0.228 e. The summed E-state index contributed by atoms with van der Waals surface area (Å²) >= 11 is 0. The van der Waals surface area contributed by atoms with Gasteiger partial charge >= 0.3 is 0 Å². The lowest BCUT2D eigenvalue weighted by molar-refractivity contribution is 0.0320. The summed E-state index contributed by atoms with van der Waals surface area (Å²) < 4.78 is 11.4. The Morgan fingerprint density at radius 1 is 1.26 bits per heavy atom. The summed E-state index contributed by atoms with van der Waals surface area (Å²) in [7, 11) is 0. The number of aliphatic imine (C=N–C) groups is 1. The number of morpholine rings is 1. The lowest BCUT2D eigenvalue weighted by atomic mass is 10.1. The first-order valence-corrected chi connectivity index (χ1v) is 12.4. The van der Waals surface area contributed by atoms with E-state index in [1.807, 2.05) is 0 Å². The molecule has 0 amide bonds. The molecule has 0 spiro atoms. The molecule has 0 aromatic carbocycles. The first-order chi connectivity index (χ1) is 16.6. The zero-order valence-electron chi connectivity index (χ0n) is 20.0. The van der Waals surface area contributed by atoms with E-state index in [2.05, 4.69) is 56.4 Å². The number of ether oxygens (including phenoxy) is 2. The van der Waals surface area contributed by atoms with Crippen LogP contribution >= 0.6 is 0 Å². The van der Waals surface area contributed by atoms with Gasteiger partial charge in [-0.3, -0.25) is 4.90 Å². The van der Waals surface area contributed by atoms with Gasteiger partial charge in [0, 0.05) is 38.2 Å². The van der Waals surface area contributed by atoms with E-state index in [0.29, 0.717) is 42.8 Å². The van der Waals surface area contributed by atoms with E-state index in [-0.39, 0.29) is 6.04 Å². The number of rotatable bonds is 10. The van der Waals surface area contributed by atoms with Crippen molar-refractivity contribution < 1.29 is 14.3 Å². The monoisotopic (exact) mass is 472 g/mol. The van der Waals surface area contributed by atoms with E-state index in [9.17, 15) is 0 Å². The molecule has 11 heteroatoms. The normalized spacial score (nSPS) is 26.4. The van der Waals surface area contributed by atoms with E-state index >= 15 is 0 Å². The molecule has 11 nitrogen and oxygen atoms in total. The van der Waals surface area contributed by atoms with Crippen LogP contribution in [0.2, 0.25) is 0 Å². The molecular weight excluding hydrogens is 436 g/mol. The number of nitrogens with one attached hydrogen (secondary N) is 4. The summed E-state index contributed by atoms with van der Waals surface area (Å²) in [6.07, 6.45) is 5.56. The van der Waals surface area contributed by atoms with Crippen LogP contribution in [0.3, 0.4) is 0 Å².